The second-order valence-electron chi connectivity index (χ2n) is 5.58. The number of hydrogen-bond donors (Lipinski definition) is 3. The summed E-state index contributed by atoms with van der Waals surface area (Å²) < 4.78 is 27.0. The molecule has 7 nitrogen and oxygen atoms in total. The number of nitrogens with zero attached hydrogens (tertiary/aromatic N) is 2. The van der Waals surface area contributed by atoms with E-state index in [1.165, 1.54) is 18.8 Å². The molecule has 1 fully saturated rings. The Balaban J connectivity index is 2.02. The number of nitrogen functional groups attached to an aromatic ring is 1. The van der Waals surface area contributed by atoms with Crippen molar-refractivity contribution in [2.45, 2.75) is 43.9 Å². The number of nitrogens with two attached hydrogens (primary N) is 1. The van der Waals surface area contributed by atoms with Crippen molar-refractivity contribution in [3.63, 3.8) is 0 Å². The first-order chi connectivity index (χ1) is 9.45. The molecule has 20 heavy (non-hydrogen) atoms. The molecule has 4 N–H and O–H groups in total. The van der Waals surface area contributed by atoms with Gasteiger partial charge >= 0.3 is 0 Å². The van der Waals surface area contributed by atoms with Gasteiger partial charge in [-0.15, -0.1) is 0 Å². The summed E-state index contributed by atoms with van der Waals surface area (Å²) in [4.78, 5) is 7.67. The van der Waals surface area contributed by atoms with Crippen molar-refractivity contribution in [3.8, 4) is 0 Å². The summed E-state index contributed by atoms with van der Waals surface area (Å²) in [6, 6.07) is 0. The first-order valence-electron chi connectivity index (χ1n) is 6.74. The van der Waals surface area contributed by atoms with Crippen LogP contribution in [0.1, 0.15) is 39.0 Å². The van der Waals surface area contributed by atoms with Gasteiger partial charge in [-0.05, 0) is 18.3 Å². The van der Waals surface area contributed by atoms with E-state index in [1.807, 2.05) is 0 Å². The molecule has 2 rings (SSSR count). The van der Waals surface area contributed by atoms with E-state index in [0.29, 0.717) is 6.54 Å². The average Bonchev–Trinajstić information content (AvgIpc) is 2.46. The number of hydrazine groups is 1. The molecule has 0 saturated heterocycles. The summed E-state index contributed by atoms with van der Waals surface area (Å²) in [7, 11) is -3.57. The Morgan fingerprint density at radius 1 is 1.25 bits per heavy atom. The quantitative estimate of drug-likeness (QED) is 0.553. The highest BCUT2D eigenvalue weighted by Gasteiger charge is 2.28. The molecule has 1 aromatic rings. The Morgan fingerprint density at radius 3 is 2.40 bits per heavy atom. The van der Waals surface area contributed by atoms with Gasteiger partial charge in [0.25, 0.3) is 0 Å². The van der Waals surface area contributed by atoms with Crippen LogP contribution in [0.4, 0.5) is 5.95 Å². The molecule has 1 aliphatic rings. The van der Waals surface area contributed by atoms with Gasteiger partial charge in [-0.2, -0.15) is 0 Å². The van der Waals surface area contributed by atoms with Gasteiger partial charge in [-0.25, -0.2) is 29.0 Å². The molecule has 1 heterocycles. The number of anilines is 1. The molecular formula is C12H21N5O2S. The standard InChI is InChI=1S/C12H21N5O2S/c1-12(5-3-2-4-6-12)9-16-20(18,19)10-7-14-11(17-13)15-8-10/h7-8,16H,2-6,9,13H2,1H3,(H,14,15,17). The van der Waals surface area contributed by atoms with Gasteiger partial charge in [0, 0.05) is 6.54 Å². The average molecular weight is 299 g/mol. The number of sulfonamides is 1. The van der Waals surface area contributed by atoms with Crippen molar-refractivity contribution < 1.29 is 8.42 Å². The van der Waals surface area contributed by atoms with E-state index in [9.17, 15) is 8.42 Å². The summed E-state index contributed by atoms with van der Waals surface area (Å²) in [5.41, 5.74) is 2.30. The van der Waals surface area contributed by atoms with Gasteiger partial charge < -0.3 is 0 Å². The summed E-state index contributed by atoms with van der Waals surface area (Å²) >= 11 is 0. The maximum absolute atomic E-state index is 12.2. The summed E-state index contributed by atoms with van der Waals surface area (Å²) in [5.74, 6) is 5.33. The highest BCUT2D eigenvalue weighted by atomic mass is 32.2. The number of rotatable bonds is 5. The molecular weight excluding hydrogens is 278 g/mol. The molecule has 0 bridgehead atoms. The maximum Gasteiger partial charge on any atom is 0.243 e. The van der Waals surface area contributed by atoms with E-state index in [2.05, 4.69) is 27.0 Å². The third-order valence-corrected chi connectivity index (χ3v) is 5.17. The van der Waals surface area contributed by atoms with E-state index in [0.717, 1.165) is 25.7 Å². The minimum absolute atomic E-state index is 0.0466. The lowest BCUT2D eigenvalue weighted by molar-refractivity contribution is 0.219. The van der Waals surface area contributed by atoms with Crippen LogP contribution < -0.4 is 16.0 Å². The monoisotopic (exact) mass is 299 g/mol. The van der Waals surface area contributed by atoms with E-state index >= 15 is 0 Å². The lowest BCUT2D eigenvalue weighted by Crippen LogP contribution is -2.37. The van der Waals surface area contributed by atoms with Crippen molar-refractivity contribution >= 4 is 16.0 Å². The summed E-state index contributed by atoms with van der Waals surface area (Å²) in [5, 5.41) is 0. The molecule has 112 valence electrons. The minimum atomic E-state index is -3.57. The zero-order valence-electron chi connectivity index (χ0n) is 11.6. The van der Waals surface area contributed by atoms with Gasteiger partial charge in [0.2, 0.25) is 16.0 Å². The van der Waals surface area contributed by atoms with Crippen LogP contribution >= 0.6 is 0 Å². The lowest BCUT2D eigenvalue weighted by Gasteiger charge is -2.33. The van der Waals surface area contributed by atoms with Gasteiger partial charge in [0.1, 0.15) is 4.90 Å². The Bertz CT molecular complexity index is 537. The molecule has 0 aliphatic heterocycles. The van der Waals surface area contributed by atoms with Crippen molar-refractivity contribution in [2.24, 2.45) is 11.3 Å². The number of hydrogen-bond acceptors (Lipinski definition) is 6. The molecule has 8 heteroatoms. The topological polar surface area (TPSA) is 110 Å². The molecule has 0 radical (unpaired) electrons. The lowest BCUT2D eigenvalue weighted by atomic mass is 9.76. The fraction of sp³-hybridized carbons (Fsp3) is 0.667. The normalized spacial score (nSPS) is 18.7. The Kier molecular flexibility index (Phi) is 4.56. The molecule has 0 unspecified atom stereocenters. The zero-order chi connectivity index (χ0) is 14.6. The predicted octanol–water partition coefficient (Wildman–Crippen LogP) is 1.01. The van der Waals surface area contributed by atoms with Crippen molar-refractivity contribution in [2.75, 3.05) is 12.0 Å². The van der Waals surface area contributed by atoms with Crippen LogP contribution in [-0.2, 0) is 10.0 Å². The summed E-state index contributed by atoms with van der Waals surface area (Å²) in [6.07, 6.45) is 8.17. The van der Waals surface area contributed by atoms with Crippen LogP contribution in [0.5, 0.6) is 0 Å². The third kappa shape index (κ3) is 3.65. The van der Waals surface area contributed by atoms with Crippen molar-refractivity contribution in [3.05, 3.63) is 12.4 Å². The van der Waals surface area contributed by atoms with E-state index in [4.69, 9.17) is 5.84 Å². The Hall–Kier alpha value is -1.25. The Morgan fingerprint density at radius 2 is 1.85 bits per heavy atom. The molecule has 1 aliphatic carbocycles. The zero-order valence-corrected chi connectivity index (χ0v) is 12.4. The van der Waals surface area contributed by atoms with E-state index in [-0.39, 0.29) is 16.3 Å². The van der Waals surface area contributed by atoms with Crippen molar-refractivity contribution in [1.29, 1.82) is 0 Å². The fourth-order valence-corrected chi connectivity index (χ4v) is 3.55. The molecule has 1 saturated carbocycles. The second kappa shape index (κ2) is 6.02. The van der Waals surface area contributed by atoms with E-state index < -0.39 is 10.0 Å². The summed E-state index contributed by atoms with van der Waals surface area (Å²) in [6.45, 7) is 2.58. The van der Waals surface area contributed by atoms with Crippen molar-refractivity contribution in [1.82, 2.24) is 14.7 Å². The molecule has 0 atom stereocenters. The molecule has 0 amide bonds. The first kappa shape index (κ1) is 15.1. The van der Waals surface area contributed by atoms with Gasteiger partial charge in [-0.3, -0.25) is 5.43 Å². The van der Waals surface area contributed by atoms with Crippen LogP contribution in [0.25, 0.3) is 0 Å². The fourth-order valence-electron chi connectivity index (χ4n) is 2.46. The van der Waals surface area contributed by atoms with Crippen LogP contribution in [0.15, 0.2) is 17.3 Å². The molecule has 1 aromatic heterocycles. The van der Waals surface area contributed by atoms with E-state index in [1.54, 1.807) is 0 Å². The number of aromatic nitrogens is 2. The van der Waals surface area contributed by atoms with Gasteiger partial charge in [0.15, 0.2) is 0 Å². The van der Waals surface area contributed by atoms with Crippen LogP contribution in [0.2, 0.25) is 0 Å². The van der Waals surface area contributed by atoms with Gasteiger partial charge in [0.05, 0.1) is 12.4 Å². The van der Waals surface area contributed by atoms with Crippen LogP contribution in [0, 0.1) is 5.41 Å². The highest BCUT2D eigenvalue weighted by Crippen LogP contribution is 2.35. The largest absolute Gasteiger partial charge is 0.292 e. The van der Waals surface area contributed by atoms with Crippen LogP contribution in [0.3, 0.4) is 0 Å². The smallest absolute Gasteiger partial charge is 0.243 e. The second-order valence-corrected chi connectivity index (χ2v) is 7.35. The van der Waals surface area contributed by atoms with Gasteiger partial charge in [-0.1, -0.05) is 26.2 Å². The van der Waals surface area contributed by atoms with Crippen LogP contribution in [-0.4, -0.2) is 24.9 Å². The first-order valence-corrected chi connectivity index (χ1v) is 8.22. The molecule has 0 aromatic carbocycles. The maximum atomic E-state index is 12.2. The SMILES string of the molecule is CC1(CNS(=O)(=O)c2cnc(NN)nc2)CCCCC1. The molecule has 0 spiro atoms. The third-order valence-electron chi connectivity index (χ3n) is 3.82. The Labute approximate surface area is 119 Å². The number of nitrogens with one attached hydrogen (secondary N) is 2. The highest BCUT2D eigenvalue weighted by molar-refractivity contribution is 7.89. The predicted molar refractivity (Wildman–Crippen MR) is 76.2 cm³/mol. The minimum Gasteiger partial charge on any atom is -0.292 e.